The molecule has 0 aliphatic carbocycles. The Labute approximate surface area is 159 Å². The number of aromatic nitrogens is 2. The summed E-state index contributed by atoms with van der Waals surface area (Å²) in [6.07, 6.45) is 6.90. The molecule has 0 aliphatic heterocycles. The normalized spacial score (nSPS) is 10.5. The van der Waals surface area contributed by atoms with E-state index in [0.717, 1.165) is 15.6 Å². The van der Waals surface area contributed by atoms with E-state index in [-0.39, 0.29) is 5.91 Å². The molecule has 0 unspecified atom stereocenters. The van der Waals surface area contributed by atoms with Crippen molar-refractivity contribution in [3.05, 3.63) is 93.4 Å². The van der Waals surface area contributed by atoms with Crippen molar-refractivity contribution in [3.8, 4) is 0 Å². The molecule has 0 spiro atoms. The summed E-state index contributed by atoms with van der Waals surface area (Å²) < 4.78 is 0.811. The lowest BCUT2D eigenvalue weighted by atomic mass is 10.1. The third-order valence-electron chi connectivity index (χ3n) is 3.67. The van der Waals surface area contributed by atoms with Gasteiger partial charge in [-0.25, -0.2) is 0 Å². The van der Waals surface area contributed by atoms with Crippen molar-refractivity contribution in [1.82, 2.24) is 14.9 Å². The van der Waals surface area contributed by atoms with E-state index in [1.165, 1.54) is 0 Å². The maximum Gasteiger partial charge on any atom is 0.256 e. The van der Waals surface area contributed by atoms with E-state index >= 15 is 0 Å². The molecule has 4 nitrogen and oxygen atoms in total. The van der Waals surface area contributed by atoms with Crippen LogP contribution in [0.25, 0.3) is 0 Å². The number of pyridine rings is 2. The maximum absolute atomic E-state index is 13.1. The van der Waals surface area contributed by atoms with Crippen molar-refractivity contribution >= 4 is 33.4 Å². The molecule has 126 valence electrons. The zero-order chi connectivity index (χ0) is 17.6. The van der Waals surface area contributed by atoms with Gasteiger partial charge in [0.2, 0.25) is 0 Å². The summed E-state index contributed by atoms with van der Waals surface area (Å²) in [7, 11) is 0. The quantitative estimate of drug-likeness (QED) is 0.604. The minimum absolute atomic E-state index is 0.132. The highest BCUT2D eigenvalue weighted by molar-refractivity contribution is 9.10. The predicted molar refractivity (Wildman–Crippen MR) is 101 cm³/mol. The van der Waals surface area contributed by atoms with Crippen LogP contribution in [0.3, 0.4) is 0 Å². The van der Waals surface area contributed by atoms with Gasteiger partial charge in [0.25, 0.3) is 5.91 Å². The van der Waals surface area contributed by atoms with E-state index in [0.29, 0.717) is 23.7 Å². The van der Waals surface area contributed by atoms with Crippen molar-refractivity contribution in [2.75, 3.05) is 0 Å². The summed E-state index contributed by atoms with van der Waals surface area (Å²) >= 11 is 9.65. The molecule has 0 atom stereocenters. The Balaban J connectivity index is 1.92. The maximum atomic E-state index is 13.1. The standard InChI is InChI=1S/C19H15BrClN3O/c20-16-3-4-18(21)17(10-16)19(25)24(12-14-5-8-22-9-6-14)13-15-2-1-7-23-11-15/h1-11H,12-13H2. The van der Waals surface area contributed by atoms with Crippen LogP contribution in [-0.2, 0) is 13.1 Å². The van der Waals surface area contributed by atoms with Crippen LogP contribution in [0.1, 0.15) is 21.5 Å². The van der Waals surface area contributed by atoms with Gasteiger partial charge in [-0.3, -0.25) is 14.8 Å². The Bertz CT molecular complexity index is 818. The second kappa shape index (κ2) is 8.23. The van der Waals surface area contributed by atoms with E-state index in [1.807, 2.05) is 30.3 Å². The molecule has 2 heterocycles. The minimum atomic E-state index is -0.132. The highest BCUT2D eigenvalue weighted by atomic mass is 79.9. The van der Waals surface area contributed by atoms with Crippen molar-refractivity contribution in [3.63, 3.8) is 0 Å². The lowest BCUT2D eigenvalue weighted by Crippen LogP contribution is -2.30. The summed E-state index contributed by atoms with van der Waals surface area (Å²) in [5.41, 5.74) is 2.42. The lowest BCUT2D eigenvalue weighted by Gasteiger charge is -2.23. The van der Waals surface area contributed by atoms with Crippen LogP contribution in [0, 0.1) is 0 Å². The van der Waals surface area contributed by atoms with Crippen LogP contribution in [0.5, 0.6) is 0 Å². The van der Waals surface area contributed by atoms with Crippen LogP contribution < -0.4 is 0 Å². The highest BCUT2D eigenvalue weighted by Crippen LogP contribution is 2.24. The molecule has 1 aromatic carbocycles. The van der Waals surface area contributed by atoms with Crippen LogP contribution in [0.2, 0.25) is 5.02 Å². The Morgan fingerprint density at radius 2 is 1.76 bits per heavy atom. The number of hydrogen-bond donors (Lipinski definition) is 0. The first-order chi connectivity index (χ1) is 12.1. The fourth-order valence-electron chi connectivity index (χ4n) is 2.45. The molecule has 6 heteroatoms. The fourth-order valence-corrected chi connectivity index (χ4v) is 3.01. The van der Waals surface area contributed by atoms with Gasteiger partial charge in [-0.1, -0.05) is 33.6 Å². The summed E-state index contributed by atoms with van der Waals surface area (Å²) in [6.45, 7) is 0.900. The van der Waals surface area contributed by atoms with Crippen molar-refractivity contribution in [2.45, 2.75) is 13.1 Å². The van der Waals surface area contributed by atoms with E-state index in [4.69, 9.17) is 11.6 Å². The third-order valence-corrected chi connectivity index (χ3v) is 4.49. The van der Waals surface area contributed by atoms with Gasteiger partial charge in [0.15, 0.2) is 0 Å². The zero-order valence-electron chi connectivity index (χ0n) is 13.3. The van der Waals surface area contributed by atoms with Gasteiger partial charge in [-0.05, 0) is 47.5 Å². The van der Waals surface area contributed by atoms with Gasteiger partial charge in [0, 0.05) is 42.3 Å². The number of rotatable bonds is 5. The monoisotopic (exact) mass is 415 g/mol. The number of amides is 1. The van der Waals surface area contributed by atoms with Crippen molar-refractivity contribution in [2.24, 2.45) is 0 Å². The van der Waals surface area contributed by atoms with Crippen LogP contribution in [0.4, 0.5) is 0 Å². The topological polar surface area (TPSA) is 46.1 Å². The zero-order valence-corrected chi connectivity index (χ0v) is 15.6. The number of benzene rings is 1. The molecular formula is C19H15BrClN3O. The Hall–Kier alpha value is -2.24. The second-order valence-electron chi connectivity index (χ2n) is 5.50. The summed E-state index contributed by atoms with van der Waals surface area (Å²) in [6, 6.07) is 12.9. The Kier molecular flexibility index (Phi) is 5.79. The summed E-state index contributed by atoms with van der Waals surface area (Å²) in [5.74, 6) is -0.132. The minimum Gasteiger partial charge on any atom is -0.330 e. The molecule has 0 fully saturated rings. The average molecular weight is 417 g/mol. The number of nitrogens with zero attached hydrogens (tertiary/aromatic N) is 3. The van der Waals surface area contributed by atoms with Crippen molar-refractivity contribution in [1.29, 1.82) is 0 Å². The molecule has 25 heavy (non-hydrogen) atoms. The molecule has 3 aromatic rings. The molecular weight excluding hydrogens is 402 g/mol. The molecule has 0 aliphatic rings. The average Bonchev–Trinajstić information content (AvgIpc) is 2.64. The van der Waals surface area contributed by atoms with Gasteiger partial charge < -0.3 is 4.90 Å². The number of halogens is 2. The predicted octanol–water partition coefficient (Wildman–Crippen LogP) is 4.74. The van der Waals surface area contributed by atoms with Crippen molar-refractivity contribution < 1.29 is 4.79 Å². The van der Waals surface area contributed by atoms with E-state index in [1.54, 1.807) is 41.8 Å². The van der Waals surface area contributed by atoms with Gasteiger partial charge in [0.1, 0.15) is 0 Å². The molecule has 0 bridgehead atoms. The molecule has 3 rings (SSSR count). The SMILES string of the molecule is O=C(c1cc(Br)ccc1Cl)N(Cc1ccncc1)Cc1cccnc1. The Morgan fingerprint density at radius 3 is 2.48 bits per heavy atom. The third kappa shape index (κ3) is 4.65. The van der Waals surface area contributed by atoms with Gasteiger partial charge in [0.05, 0.1) is 10.6 Å². The molecule has 0 saturated heterocycles. The second-order valence-corrected chi connectivity index (χ2v) is 6.82. The van der Waals surface area contributed by atoms with Crippen LogP contribution in [-0.4, -0.2) is 20.8 Å². The first-order valence-electron chi connectivity index (χ1n) is 7.65. The molecule has 0 radical (unpaired) electrons. The highest BCUT2D eigenvalue weighted by Gasteiger charge is 2.19. The van der Waals surface area contributed by atoms with Crippen LogP contribution >= 0.6 is 27.5 Å². The Morgan fingerprint density at radius 1 is 1.00 bits per heavy atom. The molecule has 0 saturated carbocycles. The van der Waals surface area contributed by atoms with Gasteiger partial charge >= 0.3 is 0 Å². The molecule has 0 N–H and O–H groups in total. The smallest absolute Gasteiger partial charge is 0.256 e. The number of carbonyl (C=O) groups is 1. The molecule has 2 aromatic heterocycles. The summed E-state index contributed by atoms with van der Waals surface area (Å²) in [4.78, 5) is 23.0. The number of hydrogen-bond acceptors (Lipinski definition) is 3. The number of carbonyl (C=O) groups excluding carboxylic acids is 1. The van der Waals surface area contributed by atoms with E-state index in [9.17, 15) is 4.79 Å². The van der Waals surface area contributed by atoms with E-state index in [2.05, 4.69) is 25.9 Å². The summed E-state index contributed by atoms with van der Waals surface area (Å²) in [5, 5.41) is 0.430. The van der Waals surface area contributed by atoms with Crippen LogP contribution in [0.15, 0.2) is 71.7 Å². The molecule has 1 amide bonds. The van der Waals surface area contributed by atoms with E-state index < -0.39 is 0 Å². The van der Waals surface area contributed by atoms with Gasteiger partial charge in [-0.15, -0.1) is 0 Å². The van der Waals surface area contributed by atoms with Gasteiger partial charge in [-0.2, -0.15) is 0 Å². The first kappa shape index (κ1) is 17.6. The lowest BCUT2D eigenvalue weighted by molar-refractivity contribution is 0.0730. The largest absolute Gasteiger partial charge is 0.330 e. The fraction of sp³-hybridized carbons (Fsp3) is 0.105. The first-order valence-corrected chi connectivity index (χ1v) is 8.83.